The molecule has 0 atom stereocenters. The lowest BCUT2D eigenvalue weighted by molar-refractivity contribution is 0.0650. The lowest BCUT2D eigenvalue weighted by Crippen LogP contribution is -2.47. The van der Waals surface area contributed by atoms with Gasteiger partial charge in [0.25, 0.3) is 17.4 Å². The molecule has 0 saturated carbocycles. The number of aromatic amines is 1. The third-order valence-corrected chi connectivity index (χ3v) is 8.06. The molecule has 1 fully saturated rings. The van der Waals surface area contributed by atoms with Crippen molar-refractivity contribution in [3.05, 3.63) is 39.8 Å². The summed E-state index contributed by atoms with van der Waals surface area (Å²) in [5, 5.41) is 0. The number of aromatic nitrogens is 2. The van der Waals surface area contributed by atoms with Crippen LogP contribution < -0.4 is 10.3 Å². The van der Waals surface area contributed by atoms with Crippen molar-refractivity contribution in [1.29, 1.82) is 0 Å². The largest absolute Gasteiger partial charge is 0.493 e. The number of hydrogen-bond donors (Lipinski definition) is 1. The number of carbonyl (C=O) groups is 2. The molecule has 2 aliphatic heterocycles. The van der Waals surface area contributed by atoms with E-state index >= 15 is 0 Å². The number of H-pyrrole nitrogens is 1. The van der Waals surface area contributed by atoms with Crippen LogP contribution in [-0.2, 0) is 10.0 Å². The number of piperazine rings is 1. The van der Waals surface area contributed by atoms with Gasteiger partial charge in [0, 0.05) is 32.7 Å². The van der Waals surface area contributed by atoms with E-state index in [0.717, 1.165) is 11.3 Å². The Morgan fingerprint density at radius 1 is 1.06 bits per heavy atom. The minimum Gasteiger partial charge on any atom is -0.493 e. The fraction of sp³-hybridized carbons (Fsp3) is 0.478. The van der Waals surface area contributed by atoms with Crippen LogP contribution in [-0.4, -0.2) is 90.7 Å². The van der Waals surface area contributed by atoms with E-state index in [1.165, 1.54) is 22.5 Å². The van der Waals surface area contributed by atoms with Crippen LogP contribution in [0, 0.1) is 0 Å². The number of imide groups is 1. The molecule has 0 bridgehead atoms. The molecule has 3 heterocycles. The van der Waals surface area contributed by atoms with E-state index in [9.17, 15) is 22.8 Å². The number of amides is 2. The van der Waals surface area contributed by atoms with Gasteiger partial charge in [-0.3, -0.25) is 19.3 Å². The lowest BCUT2D eigenvalue weighted by Gasteiger charge is -2.31. The highest BCUT2D eigenvalue weighted by molar-refractivity contribution is 7.89. The second kappa shape index (κ2) is 9.88. The molecular formula is C23H29N5O6S. The number of benzene rings is 1. The summed E-state index contributed by atoms with van der Waals surface area (Å²) in [5.41, 5.74) is -1.07. The second-order valence-corrected chi connectivity index (χ2v) is 10.5. The van der Waals surface area contributed by atoms with Gasteiger partial charge < -0.3 is 14.6 Å². The third-order valence-electron chi connectivity index (χ3n) is 6.17. The molecule has 1 aromatic carbocycles. The molecule has 2 aliphatic rings. The van der Waals surface area contributed by atoms with E-state index in [2.05, 4.69) is 14.9 Å². The minimum absolute atomic E-state index is 0.0237. The second-order valence-electron chi connectivity index (χ2n) is 8.55. The first-order valence-electron chi connectivity index (χ1n) is 11.7. The standard InChI is InChI=1S/C23H29N5O6S/c1-4-6-9-28-22(30)18-19(23(28)31)24-20(25-21(18)29)16-14-15(7-8-17(16)34-5-2)35(32,33)27-12-10-26(3)11-13-27/h7-8,14H,4-6,9-13H2,1-3H3,(H,24,25,29). The topological polar surface area (TPSA) is 133 Å². The number of carbonyl (C=O) groups excluding carboxylic acids is 2. The van der Waals surface area contributed by atoms with Crippen molar-refractivity contribution in [2.45, 2.75) is 31.6 Å². The number of unbranched alkanes of at least 4 members (excludes halogenated alkanes) is 1. The molecule has 1 N–H and O–H groups in total. The quantitative estimate of drug-likeness (QED) is 0.531. The molecule has 11 nitrogen and oxygen atoms in total. The molecular weight excluding hydrogens is 474 g/mol. The molecule has 188 valence electrons. The highest BCUT2D eigenvalue weighted by atomic mass is 32.2. The van der Waals surface area contributed by atoms with Crippen LogP contribution in [0.25, 0.3) is 11.4 Å². The molecule has 1 saturated heterocycles. The van der Waals surface area contributed by atoms with Crippen LogP contribution in [0.15, 0.2) is 27.9 Å². The number of fused-ring (bicyclic) bond motifs is 1. The molecule has 35 heavy (non-hydrogen) atoms. The van der Waals surface area contributed by atoms with Crippen molar-refractivity contribution in [2.24, 2.45) is 0 Å². The highest BCUT2D eigenvalue weighted by Crippen LogP contribution is 2.32. The maximum Gasteiger partial charge on any atom is 0.280 e. The number of sulfonamides is 1. The number of nitrogens with one attached hydrogen (secondary N) is 1. The van der Waals surface area contributed by atoms with Crippen molar-refractivity contribution in [2.75, 3.05) is 46.4 Å². The van der Waals surface area contributed by atoms with Crippen molar-refractivity contribution in [3.63, 3.8) is 0 Å². The average molecular weight is 504 g/mol. The van der Waals surface area contributed by atoms with Crippen LogP contribution in [0.3, 0.4) is 0 Å². The van der Waals surface area contributed by atoms with Gasteiger partial charge in [0.1, 0.15) is 22.8 Å². The molecule has 2 aromatic rings. The van der Waals surface area contributed by atoms with Crippen LogP contribution in [0.5, 0.6) is 5.75 Å². The van der Waals surface area contributed by atoms with Gasteiger partial charge in [-0.05, 0) is 38.6 Å². The summed E-state index contributed by atoms with van der Waals surface area (Å²) >= 11 is 0. The normalized spacial score (nSPS) is 17.2. The van der Waals surface area contributed by atoms with E-state index < -0.39 is 27.4 Å². The summed E-state index contributed by atoms with van der Waals surface area (Å²) in [5.74, 6) is -1.04. The van der Waals surface area contributed by atoms with Gasteiger partial charge in [-0.2, -0.15) is 4.31 Å². The first kappa shape index (κ1) is 25.0. The number of rotatable bonds is 8. The lowest BCUT2D eigenvalue weighted by atomic mass is 10.1. The predicted molar refractivity (Wildman–Crippen MR) is 128 cm³/mol. The van der Waals surface area contributed by atoms with Crippen molar-refractivity contribution in [3.8, 4) is 17.1 Å². The molecule has 2 amide bonds. The van der Waals surface area contributed by atoms with Crippen molar-refractivity contribution >= 4 is 21.8 Å². The molecule has 0 unspecified atom stereocenters. The fourth-order valence-electron chi connectivity index (χ4n) is 4.14. The molecule has 0 aliphatic carbocycles. The van der Waals surface area contributed by atoms with Gasteiger partial charge in [-0.15, -0.1) is 0 Å². The monoisotopic (exact) mass is 503 g/mol. The Labute approximate surface area is 203 Å². The molecule has 1 aromatic heterocycles. The Bertz CT molecular complexity index is 1310. The smallest absolute Gasteiger partial charge is 0.280 e. The Hall–Kier alpha value is -3.09. The number of likely N-dealkylation sites (N-methyl/N-ethyl adjacent to an activating group) is 1. The van der Waals surface area contributed by atoms with Crippen molar-refractivity contribution < 1.29 is 22.7 Å². The van der Waals surface area contributed by atoms with E-state index in [1.54, 1.807) is 6.92 Å². The van der Waals surface area contributed by atoms with Gasteiger partial charge in [0.15, 0.2) is 0 Å². The van der Waals surface area contributed by atoms with Crippen LogP contribution in [0.4, 0.5) is 0 Å². The zero-order valence-corrected chi connectivity index (χ0v) is 20.9. The van der Waals surface area contributed by atoms with Crippen molar-refractivity contribution in [1.82, 2.24) is 24.1 Å². The van der Waals surface area contributed by atoms with Gasteiger partial charge >= 0.3 is 0 Å². The van der Waals surface area contributed by atoms with Crippen LogP contribution in [0.1, 0.15) is 47.5 Å². The van der Waals surface area contributed by atoms with Gasteiger partial charge in [-0.25, -0.2) is 13.4 Å². The Kier molecular flexibility index (Phi) is 7.06. The number of nitrogens with zero attached hydrogens (tertiary/aromatic N) is 4. The zero-order valence-electron chi connectivity index (χ0n) is 20.0. The third kappa shape index (κ3) is 4.60. The Morgan fingerprint density at radius 3 is 2.43 bits per heavy atom. The first-order chi connectivity index (χ1) is 16.7. The van der Waals surface area contributed by atoms with Crippen LogP contribution >= 0.6 is 0 Å². The summed E-state index contributed by atoms with van der Waals surface area (Å²) in [7, 11) is -1.87. The summed E-state index contributed by atoms with van der Waals surface area (Å²) in [6.45, 7) is 6.14. The van der Waals surface area contributed by atoms with E-state index in [0.29, 0.717) is 38.3 Å². The highest BCUT2D eigenvalue weighted by Gasteiger charge is 2.40. The van der Waals surface area contributed by atoms with Gasteiger partial charge in [-0.1, -0.05) is 13.3 Å². The predicted octanol–water partition coefficient (Wildman–Crippen LogP) is 1.17. The number of hydrogen-bond acceptors (Lipinski definition) is 8. The van der Waals surface area contributed by atoms with E-state index in [-0.39, 0.29) is 40.7 Å². The van der Waals surface area contributed by atoms with Gasteiger partial charge in [0.05, 0.1) is 17.1 Å². The first-order valence-corrected chi connectivity index (χ1v) is 13.1. The molecule has 0 radical (unpaired) electrons. The summed E-state index contributed by atoms with van der Waals surface area (Å²) < 4.78 is 33.7. The van der Waals surface area contributed by atoms with Gasteiger partial charge in [0.2, 0.25) is 10.0 Å². The molecule has 0 spiro atoms. The Balaban J connectivity index is 1.78. The average Bonchev–Trinajstić information content (AvgIpc) is 3.08. The minimum atomic E-state index is -3.81. The zero-order chi connectivity index (χ0) is 25.3. The molecule has 12 heteroatoms. The number of ether oxygens (including phenoxy) is 1. The van der Waals surface area contributed by atoms with E-state index in [1.807, 2.05) is 14.0 Å². The SMILES string of the molecule is CCCCN1C(=O)c2nc(-c3cc(S(=O)(=O)N4CCN(C)CC4)ccc3OCC)[nH]c(=O)c2C1=O. The van der Waals surface area contributed by atoms with Crippen LogP contribution in [0.2, 0.25) is 0 Å². The Morgan fingerprint density at radius 2 is 1.77 bits per heavy atom. The summed E-state index contributed by atoms with van der Waals surface area (Å²) in [6.07, 6.45) is 1.38. The maximum absolute atomic E-state index is 13.3. The molecule has 4 rings (SSSR count). The maximum atomic E-state index is 13.3. The fourth-order valence-corrected chi connectivity index (χ4v) is 5.59. The summed E-state index contributed by atoms with van der Waals surface area (Å²) in [6, 6.07) is 4.35. The van der Waals surface area contributed by atoms with E-state index in [4.69, 9.17) is 4.74 Å². The summed E-state index contributed by atoms with van der Waals surface area (Å²) in [4.78, 5) is 48.3.